The van der Waals surface area contributed by atoms with Gasteiger partial charge in [-0.1, -0.05) is 35.9 Å². The van der Waals surface area contributed by atoms with Crippen molar-refractivity contribution in [3.05, 3.63) is 89.1 Å². The van der Waals surface area contributed by atoms with E-state index in [1.54, 1.807) is 42.7 Å². The Morgan fingerprint density at radius 1 is 1.18 bits per heavy atom. The number of benzene rings is 2. The van der Waals surface area contributed by atoms with Gasteiger partial charge in [-0.3, -0.25) is 4.79 Å². The van der Waals surface area contributed by atoms with Crippen LogP contribution in [-0.2, 0) is 4.79 Å². The van der Waals surface area contributed by atoms with Crippen molar-refractivity contribution in [3.63, 3.8) is 0 Å². The standard InChI is InChI=1S/C21H16ClFN2O3/c22-15-9-7-14(8-10-15)17-12-18(20-6-3-11-27-20)25(24-17)21(26)13-28-19-5-2-1-4-16(19)23/h1-11,18H,12-13H2/t18-/m0/s1. The maximum absolute atomic E-state index is 13.7. The summed E-state index contributed by atoms with van der Waals surface area (Å²) >= 11 is 5.95. The number of carbonyl (C=O) groups excluding carboxylic acids is 1. The van der Waals surface area contributed by atoms with Crippen molar-refractivity contribution in [1.29, 1.82) is 0 Å². The number of carbonyl (C=O) groups is 1. The molecule has 1 aliphatic heterocycles. The minimum absolute atomic E-state index is 0.0199. The summed E-state index contributed by atoms with van der Waals surface area (Å²) in [6.45, 7) is -0.338. The Labute approximate surface area is 166 Å². The van der Waals surface area contributed by atoms with Gasteiger partial charge in [-0.15, -0.1) is 0 Å². The molecule has 2 heterocycles. The lowest BCUT2D eigenvalue weighted by Gasteiger charge is -2.20. The predicted octanol–water partition coefficient (Wildman–Crippen LogP) is 4.83. The van der Waals surface area contributed by atoms with Crippen molar-refractivity contribution >= 4 is 23.2 Å². The number of ether oxygens (including phenoxy) is 1. The first-order valence-corrected chi connectivity index (χ1v) is 9.06. The molecule has 0 bridgehead atoms. The normalized spacial score (nSPS) is 16.1. The zero-order valence-corrected chi connectivity index (χ0v) is 15.5. The number of furan rings is 1. The zero-order chi connectivity index (χ0) is 19.5. The van der Waals surface area contributed by atoms with Crippen LogP contribution in [0.25, 0.3) is 0 Å². The zero-order valence-electron chi connectivity index (χ0n) is 14.7. The average Bonchev–Trinajstić information content (AvgIpc) is 3.37. The first-order chi connectivity index (χ1) is 13.6. The van der Waals surface area contributed by atoms with Crippen LogP contribution in [0.2, 0.25) is 5.02 Å². The molecule has 0 saturated heterocycles. The average molecular weight is 399 g/mol. The molecule has 5 nitrogen and oxygen atoms in total. The number of hydrazone groups is 1. The first kappa shape index (κ1) is 18.3. The molecule has 0 unspecified atom stereocenters. The lowest BCUT2D eigenvalue weighted by atomic mass is 10.0. The van der Waals surface area contributed by atoms with Gasteiger partial charge in [0.2, 0.25) is 0 Å². The van der Waals surface area contributed by atoms with Crippen LogP contribution in [-0.4, -0.2) is 23.2 Å². The van der Waals surface area contributed by atoms with E-state index in [2.05, 4.69) is 5.10 Å². The number of hydrogen-bond acceptors (Lipinski definition) is 4. The van der Waals surface area contributed by atoms with Gasteiger partial charge < -0.3 is 9.15 Å². The second kappa shape index (κ2) is 7.86. The Kier molecular flexibility index (Phi) is 5.12. The Balaban J connectivity index is 1.56. The third kappa shape index (κ3) is 3.77. The number of hydrogen-bond donors (Lipinski definition) is 0. The molecule has 1 atom stereocenters. The van der Waals surface area contributed by atoms with Crippen LogP contribution in [0.1, 0.15) is 23.8 Å². The van der Waals surface area contributed by atoms with Crippen LogP contribution in [0.15, 0.2) is 76.4 Å². The molecule has 0 N–H and O–H groups in total. The van der Waals surface area contributed by atoms with Gasteiger partial charge in [-0.25, -0.2) is 9.40 Å². The molecular formula is C21H16ClFN2O3. The van der Waals surface area contributed by atoms with Crippen molar-refractivity contribution in [2.75, 3.05) is 6.61 Å². The van der Waals surface area contributed by atoms with Gasteiger partial charge in [0.15, 0.2) is 18.2 Å². The predicted molar refractivity (Wildman–Crippen MR) is 103 cm³/mol. The highest BCUT2D eigenvalue weighted by Crippen LogP contribution is 2.33. The molecule has 0 radical (unpaired) electrons. The smallest absolute Gasteiger partial charge is 0.281 e. The molecule has 3 aromatic rings. The molecule has 4 rings (SSSR count). The Bertz CT molecular complexity index is 1000. The Morgan fingerprint density at radius 2 is 1.96 bits per heavy atom. The molecule has 2 aromatic carbocycles. The quantitative estimate of drug-likeness (QED) is 0.618. The topological polar surface area (TPSA) is 55.0 Å². The highest BCUT2D eigenvalue weighted by molar-refractivity contribution is 6.30. The van der Waals surface area contributed by atoms with Crippen molar-refractivity contribution in [2.45, 2.75) is 12.5 Å². The minimum atomic E-state index is -0.523. The van der Waals surface area contributed by atoms with Crippen LogP contribution in [0, 0.1) is 5.82 Å². The Morgan fingerprint density at radius 3 is 2.68 bits per heavy atom. The van der Waals surface area contributed by atoms with Gasteiger partial charge >= 0.3 is 0 Å². The molecule has 0 spiro atoms. The van der Waals surface area contributed by atoms with E-state index in [9.17, 15) is 9.18 Å². The monoisotopic (exact) mass is 398 g/mol. The van der Waals surface area contributed by atoms with Crippen LogP contribution in [0.5, 0.6) is 5.75 Å². The maximum Gasteiger partial charge on any atom is 0.281 e. The SMILES string of the molecule is O=C(COc1ccccc1F)N1N=C(c2ccc(Cl)cc2)C[C@H]1c1ccco1. The van der Waals surface area contributed by atoms with Gasteiger partial charge in [0.05, 0.1) is 12.0 Å². The summed E-state index contributed by atoms with van der Waals surface area (Å²) in [6.07, 6.45) is 2.04. The second-order valence-electron chi connectivity index (χ2n) is 6.25. The molecule has 28 heavy (non-hydrogen) atoms. The van der Waals surface area contributed by atoms with E-state index in [1.165, 1.54) is 17.1 Å². The summed E-state index contributed by atoms with van der Waals surface area (Å²) in [5, 5.41) is 6.44. The van der Waals surface area contributed by atoms with Gasteiger partial charge in [-0.05, 0) is 42.0 Å². The van der Waals surface area contributed by atoms with Gasteiger partial charge in [0, 0.05) is 11.4 Å². The van der Waals surface area contributed by atoms with E-state index in [-0.39, 0.29) is 12.4 Å². The van der Waals surface area contributed by atoms with Gasteiger partial charge in [-0.2, -0.15) is 5.10 Å². The third-order valence-electron chi connectivity index (χ3n) is 4.40. The number of rotatable bonds is 5. The van der Waals surface area contributed by atoms with Gasteiger partial charge in [0.1, 0.15) is 11.8 Å². The molecule has 1 aromatic heterocycles. The summed E-state index contributed by atoms with van der Waals surface area (Å²) in [7, 11) is 0. The molecule has 0 aliphatic carbocycles. The second-order valence-corrected chi connectivity index (χ2v) is 6.68. The maximum atomic E-state index is 13.7. The van der Waals surface area contributed by atoms with Crippen molar-refractivity contribution < 1.29 is 18.3 Å². The first-order valence-electron chi connectivity index (χ1n) is 8.68. The van der Waals surface area contributed by atoms with Crippen LogP contribution in [0.3, 0.4) is 0 Å². The fourth-order valence-corrected chi connectivity index (χ4v) is 3.15. The highest BCUT2D eigenvalue weighted by Gasteiger charge is 2.35. The minimum Gasteiger partial charge on any atom is -0.481 e. The van der Waals surface area contributed by atoms with Crippen LogP contribution < -0.4 is 4.74 Å². The van der Waals surface area contributed by atoms with E-state index >= 15 is 0 Å². The lowest BCUT2D eigenvalue weighted by Crippen LogP contribution is -2.31. The van der Waals surface area contributed by atoms with Crippen molar-refractivity contribution in [3.8, 4) is 5.75 Å². The fourth-order valence-electron chi connectivity index (χ4n) is 3.03. The number of amides is 1. The summed E-state index contributed by atoms with van der Waals surface area (Å²) in [5.41, 5.74) is 1.60. The highest BCUT2D eigenvalue weighted by atomic mass is 35.5. The molecule has 0 fully saturated rings. The fraction of sp³-hybridized carbons (Fsp3) is 0.143. The van der Waals surface area contributed by atoms with E-state index in [0.29, 0.717) is 17.2 Å². The van der Waals surface area contributed by atoms with Crippen LogP contribution in [0.4, 0.5) is 4.39 Å². The Hall–Kier alpha value is -3.12. The van der Waals surface area contributed by atoms with Crippen LogP contribution >= 0.6 is 11.6 Å². The summed E-state index contributed by atoms with van der Waals surface area (Å²) in [6, 6.07) is 16.3. The van der Waals surface area contributed by atoms with Crippen molar-refractivity contribution in [1.82, 2.24) is 5.01 Å². The van der Waals surface area contributed by atoms with E-state index < -0.39 is 17.8 Å². The molecular weight excluding hydrogens is 383 g/mol. The molecule has 0 saturated carbocycles. The number of halogens is 2. The summed E-state index contributed by atoms with van der Waals surface area (Å²) < 4.78 is 24.6. The third-order valence-corrected chi connectivity index (χ3v) is 4.65. The summed E-state index contributed by atoms with van der Waals surface area (Å²) in [5.74, 6) is -0.281. The number of nitrogens with zero attached hydrogens (tertiary/aromatic N) is 2. The van der Waals surface area contributed by atoms with E-state index in [0.717, 1.165) is 11.3 Å². The largest absolute Gasteiger partial charge is 0.481 e. The lowest BCUT2D eigenvalue weighted by molar-refractivity contribution is -0.135. The molecule has 7 heteroatoms. The molecule has 1 amide bonds. The molecule has 1 aliphatic rings. The van der Waals surface area contributed by atoms with E-state index in [1.807, 2.05) is 12.1 Å². The number of para-hydroxylation sites is 1. The van der Waals surface area contributed by atoms with Crippen molar-refractivity contribution in [2.24, 2.45) is 5.10 Å². The molecule has 142 valence electrons. The van der Waals surface area contributed by atoms with Gasteiger partial charge in [0.25, 0.3) is 5.91 Å². The van der Waals surface area contributed by atoms with E-state index in [4.69, 9.17) is 20.8 Å². The summed E-state index contributed by atoms with van der Waals surface area (Å²) in [4.78, 5) is 12.8.